The van der Waals surface area contributed by atoms with Crippen LogP contribution in [0.4, 0.5) is 10.1 Å². The van der Waals surface area contributed by atoms with E-state index in [1.807, 2.05) is 12.1 Å². The fourth-order valence-corrected chi connectivity index (χ4v) is 1.96. The highest BCUT2D eigenvalue weighted by Gasteiger charge is 2.28. The van der Waals surface area contributed by atoms with Gasteiger partial charge in [-0.25, -0.2) is 9.37 Å². The van der Waals surface area contributed by atoms with E-state index in [0.717, 1.165) is 29.6 Å². The zero-order valence-electron chi connectivity index (χ0n) is 8.70. The molecule has 1 aliphatic rings. The summed E-state index contributed by atoms with van der Waals surface area (Å²) in [4.78, 5) is 4.39. The summed E-state index contributed by atoms with van der Waals surface area (Å²) in [6, 6.07) is 6.81. The predicted molar refractivity (Wildman–Crippen MR) is 61.5 cm³/mol. The molecule has 0 saturated heterocycles. The average molecular weight is 217 g/mol. The van der Waals surface area contributed by atoms with Crippen molar-refractivity contribution in [3.8, 4) is 0 Å². The number of nitrogens with zero attached hydrogens (tertiary/aromatic N) is 1. The number of nitrogens with two attached hydrogens (primary N) is 1. The molecule has 0 atom stereocenters. The molecule has 0 spiro atoms. The first-order valence-electron chi connectivity index (χ1n) is 5.35. The third-order valence-electron chi connectivity index (χ3n) is 2.95. The van der Waals surface area contributed by atoms with Crippen molar-refractivity contribution in [2.45, 2.75) is 18.8 Å². The molecule has 1 aliphatic carbocycles. The predicted octanol–water partition coefficient (Wildman–Crippen LogP) is 2.54. The second-order valence-corrected chi connectivity index (χ2v) is 4.15. The third-order valence-corrected chi connectivity index (χ3v) is 2.95. The topological polar surface area (TPSA) is 50.9 Å². The van der Waals surface area contributed by atoms with Crippen LogP contribution >= 0.6 is 0 Å². The van der Waals surface area contributed by atoms with E-state index in [1.54, 1.807) is 6.07 Å². The number of nitrogen functional groups attached to an aromatic ring is 1. The van der Waals surface area contributed by atoms with Crippen LogP contribution in [0.2, 0.25) is 0 Å². The number of hydrogen-bond acceptors (Lipinski definition) is 3. The third kappa shape index (κ3) is 1.42. The Kier molecular flexibility index (Phi) is 2.04. The van der Waals surface area contributed by atoms with Crippen molar-refractivity contribution in [3.63, 3.8) is 0 Å². The van der Waals surface area contributed by atoms with Gasteiger partial charge in [0.1, 0.15) is 11.3 Å². The highest BCUT2D eigenvalue weighted by Crippen LogP contribution is 2.43. The molecule has 82 valence electrons. The van der Waals surface area contributed by atoms with Crippen LogP contribution in [0.1, 0.15) is 24.5 Å². The SMILES string of the molecule is NNc1cc2cccc(F)c2nc1C1CC1. The number of aromatic nitrogens is 1. The Morgan fingerprint density at radius 1 is 1.38 bits per heavy atom. The van der Waals surface area contributed by atoms with Crippen LogP contribution in [-0.4, -0.2) is 4.98 Å². The van der Waals surface area contributed by atoms with E-state index in [2.05, 4.69) is 10.4 Å². The number of nitrogens with one attached hydrogen (secondary N) is 1. The summed E-state index contributed by atoms with van der Waals surface area (Å²) in [5, 5.41) is 0.775. The van der Waals surface area contributed by atoms with Crippen molar-refractivity contribution < 1.29 is 4.39 Å². The number of benzene rings is 1. The second-order valence-electron chi connectivity index (χ2n) is 4.15. The fraction of sp³-hybridized carbons (Fsp3) is 0.250. The van der Waals surface area contributed by atoms with E-state index < -0.39 is 0 Å². The van der Waals surface area contributed by atoms with E-state index in [-0.39, 0.29) is 5.82 Å². The van der Waals surface area contributed by atoms with Gasteiger partial charge in [-0.3, -0.25) is 5.84 Å². The van der Waals surface area contributed by atoms with E-state index in [9.17, 15) is 4.39 Å². The maximum atomic E-state index is 13.6. The van der Waals surface area contributed by atoms with Crippen LogP contribution in [0.3, 0.4) is 0 Å². The van der Waals surface area contributed by atoms with Crippen LogP contribution in [-0.2, 0) is 0 Å². The van der Waals surface area contributed by atoms with Crippen LogP contribution in [0, 0.1) is 5.82 Å². The van der Waals surface area contributed by atoms with Crippen LogP contribution in [0.25, 0.3) is 10.9 Å². The average Bonchev–Trinajstić information content (AvgIpc) is 3.12. The summed E-state index contributed by atoms with van der Waals surface area (Å²) in [7, 11) is 0. The number of pyridine rings is 1. The molecule has 0 amide bonds. The molecule has 3 N–H and O–H groups in total. The number of halogens is 1. The first kappa shape index (κ1) is 9.54. The summed E-state index contributed by atoms with van der Waals surface area (Å²) in [6.45, 7) is 0. The summed E-state index contributed by atoms with van der Waals surface area (Å²) in [5.41, 5.74) is 4.77. The van der Waals surface area contributed by atoms with Crippen molar-refractivity contribution in [2.24, 2.45) is 5.84 Å². The Morgan fingerprint density at radius 3 is 2.88 bits per heavy atom. The minimum atomic E-state index is -0.275. The zero-order valence-corrected chi connectivity index (χ0v) is 8.70. The molecule has 2 aromatic rings. The maximum Gasteiger partial charge on any atom is 0.149 e. The van der Waals surface area contributed by atoms with Gasteiger partial charge >= 0.3 is 0 Å². The lowest BCUT2D eigenvalue weighted by Gasteiger charge is -2.09. The van der Waals surface area contributed by atoms with Gasteiger partial charge < -0.3 is 5.43 Å². The molecular weight excluding hydrogens is 205 g/mol. The summed E-state index contributed by atoms with van der Waals surface area (Å²) in [5.74, 6) is 5.63. The number of anilines is 1. The number of rotatable bonds is 2. The molecule has 0 radical (unpaired) electrons. The molecule has 0 unspecified atom stereocenters. The van der Waals surface area contributed by atoms with Gasteiger partial charge in [-0.2, -0.15) is 0 Å². The van der Waals surface area contributed by atoms with Gasteiger partial charge in [0.15, 0.2) is 0 Å². The van der Waals surface area contributed by atoms with Crippen molar-refractivity contribution >= 4 is 16.6 Å². The lowest BCUT2D eigenvalue weighted by Crippen LogP contribution is -2.10. The molecular formula is C12H12FN3. The first-order chi connectivity index (χ1) is 7.79. The van der Waals surface area contributed by atoms with Crippen molar-refractivity contribution in [3.05, 3.63) is 35.8 Å². The monoisotopic (exact) mass is 217 g/mol. The lowest BCUT2D eigenvalue weighted by atomic mass is 10.1. The number of fused-ring (bicyclic) bond motifs is 1. The second kappa shape index (κ2) is 3.42. The van der Waals surface area contributed by atoms with Gasteiger partial charge in [-0.05, 0) is 25.0 Å². The number of para-hydroxylation sites is 1. The Balaban J connectivity index is 2.28. The van der Waals surface area contributed by atoms with Gasteiger partial charge in [0.05, 0.1) is 11.4 Å². The van der Waals surface area contributed by atoms with Gasteiger partial charge in [0, 0.05) is 11.3 Å². The fourth-order valence-electron chi connectivity index (χ4n) is 1.96. The van der Waals surface area contributed by atoms with E-state index >= 15 is 0 Å². The molecule has 3 nitrogen and oxygen atoms in total. The molecule has 4 heteroatoms. The lowest BCUT2D eigenvalue weighted by molar-refractivity contribution is 0.636. The van der Waals surface area contributed by atoms with Gasteiger partial charge in [-0.1, -0.05) is 12.1 Å². The molecule has 1 fully saturated rings. The highest BCUT2D eigenvalue weighted by molar-refractivity contribution is 5.83. The summed E-state index contributed by atoms with van der Waals surface area (Å²) in [6.07, 6.45) is 2.23. The molecule has 0 aliphatic heterocycles. The number of hydrogen-bond donors (Lipinski definition) is 2. The number of hydrazine groups is 1. The minimum Gasteiger partial charge on any atom is -0.322 e. The first-order valence-corrected chi connectivity index (χ1v) is 5.35. The van der Waals surface area contributed by atoms with Gasteiger partial charge in [0.2, 0.25) is 0 Å². The van der Waals surface area contributed by atoms with Crippen molar-refractivity contribution in [1.29, 1.82) is 0 Å². The standard InChI is InChI=1S/C12H12FN3/c13-9-3-1-2-8-6-10(16-14)12(7-4-5-7)15-11(8)9/h1-3,6-7,16H,4-5,14H2. The maximum absolute atomic E-state index is 13.6. The normalized spacial score (nSPS) is 15.4. The van der Waals surface area contributed by atoms with Crippen molar-refractivity contribution in [2.75, 3.05) is 5.43 Å². The Labute approximate surface area is 92.4 Å². The summed E-state index contributed by atoms with van der Waals surface area (Å²) >= 11 is 0. The molecule has 0 bridgehead atoms. The van der Waals surface area contributed by atoms with E-state index in [0.29, 0.717) is 11.4 Å². The van der Waals surface area contributed by atoms with E-state index in [4.69, 9.17) is 5.84 Å². The largest absolute Gasteiger partial charge is 0.322 e. The minimum absolute atomic E-state index is 0.275. The highest BCUT2D eigenvalue weighted by atomic mass is 19.1. The summed E-state index contributed by atoms with van der Waals surface area (Å²) < 4.78 is 13.6. The molecule has 1 heterocycles. The molecule has 1 saturated carbocycles. The zero-order chi connectivity index (χ0) is 11.1. The Morgan fingerprint density at radius 2 is 2.19 bits per heavy atom. The van der Waals surface area contributed by atoms with E-state index in [1.165, 1.54) is 6.07 Å². The molecule has 1 aromatic carbocycles. The smallest absolute Gasteiger partial charge is 0.149 e. The van der Waals surface area contributed by atoms with Crippen molar-refractivity contribution in [1.82, 2.24) is 4.98 Å². The van der Waals surface area contributed by atoms with Crippen LogP contribution in [0.5, 0.6) is 0 Å². The molecule has 16 heavy (non-hydrogen) atoms. The Hall–Kier alpha value is -1.68. The van der Waals surface area contributed by atoms with Gasteiger partial charge in [0.25, 0.3) is 0 Å². The van der Waals surface area contributed by atoms with Gasteiger partial charge in [-0.15, -0.1) is 0 Å². The molecule has 3 rings (SSSR count). The van der Waals surface area contributed by atoms with Crippen LogP contribution in [0.15, 0.2) is 24.3 Å². The molecule has 1 aromatic heterocycles. The Bertz CT molecular complexity index is 549. The van der Waals surface area contributed by atoms with Crippen LogP contribution < -0.4 is 11.3 Å². The quantitative estimate of drug-likeness (QED) is 0.600.